The smallest absolute Gasteiger partial charge is 0.337 e. The van der Waals surface area contributed by atoms with Gasteiger partial charge in [0.2, 0.25) is 0 Å². The Morgan fingerprint density at radius 3 is 2.60 bits per heavy atom. The number of carbonyl (C=O) groups excluding carboxylic acids is 1. The molecule has 0 spiro atoms. The molecule has 0 unspecified atom stereocenters. The van der Waals surface area contributed by atoms with Crippen molar-refractivity contribution in [2.45, 2.75) is 0 Å². The van der Waals surface area contributed by atoms with Crippen LogP contribution in [0.25, 0.3) is 0 Å². The molecule has 1 aromatic rings. The van der Waals surface area contributed by atoms with Gasteiger partial charge in [-0.25, -0.2) is 4.79 Å². The Balaban J connectivity index is 2.43. The lowest BCUT2D eigenvalue weighted by atomic mass is 10.2. The summed E-state index contributed by atoms with van der Waals surface area (Å²) >= 11 is 0. The van der Waals surface area contributed by atoms with E-state index in [1.165, 1.54) is 25.3 Å². The van der Waals surface area contributed by atoms with Crippen molar-refractivity contribution in [3.8, 4) is 0 Å². The summed E-state index contributed by atoms with van der Waals surface area (Å²) in [7, 11) is -2.24. The molecule has 7 heteroatoms. The van der Waals surface area contributed by atoms with E-state index in [9.17, 15) is 13.2 Å². The average molecular weight is 228 g/mol. The normalized spacial score (nSPS) is 16.1. The standard InChI is InChI=1S/C8H8N2O4S/c1-14-8(11)5-2-3-6-7(4-5)10-15(12,13)9-6/h2-4,9-10H,1H3. The minimum absolute atomic E-state index is 0.294. The zero-order chi connectivity index (χ0) is 11.1. The van der Waals surface area contributed by atoms with Crippen molar-refractivity contribution in [2.24, 2.45) is 0 Å². The highest BCUT2D eigenvalue weighted by Crippen LogP contribution is 2.30. The lowest BCUT2D eigenvalue weighted by Crippen LogP contribution is -2.12. The topological polar surface area (TPSA) is 84.5 Å². The quantitative estimate of drug-likeness (QED) is 0.687. The van der Waals surface area contributed by atoms with Crippen LogP contribution in [0.2, 0.25) is 0 Å². The molecule has 15 heavy (non-hydrogen) atoms. The maximum atomic E-state index is 11.2. The van der Waals surface area contributed by atoms with Crippen LogP contribution in [-0.2, 0) is 14.9 Å². The van der Waals surface area contributed by atoms with E-state index in [1.54, 1.807) is 0 Å². The number of carbonyl (C=O) groups is 1. The van der Waals surface area contributed by atoms with Gasteiger partial charge in [0.05, 0.1) is 24.0 Å². The number of rotatable bonds is 1. The lowest BCUT2D eigenvalue weighted by Gasteiger charge is -2.00. The summed E-state index contributed by atoms with van der Waals surface area (Å²) in [6.45, 7) is 0. The van der Waals surface area contributed by atoms with E-state index in [4.69, 9.17) is 0 Å². The highest BCUT2D eigenvalue weighted by Gasteiger charge is 2.23. The zero-order valence-corrected chi connectivity index (χ0v) is 8.59. The third-order valence-corrected chi connectivity index (χ3v) is 2.91. The summed E-state index contributed by atoms with van der Waals surface area (Å²) in [4.78, 5) is 11.2. The Kier molecular flexibility index (Phi) is 2.04. The van der Waals surface area contributed by atoms with Gasteiger partial charge in [-0.1, -0.05) is 0 Å². The Morgan fingerprint density at radius 2 is 1.93 bits per heavy atom. The summed E-state index contributed by atoms with van der Waals surface area (Å²) in [6.07, 6.45) is 0. The molecule has 0 saturated carbocycles. The molecule has 0 atom stereocenters. The van der Waals surface area contributed by atoms with E-state index < -0.39 is 16.2 Å². The van der Waals surface area contributed by atoms with Crippen molar-refractivity contribution in [3.63, 3.8) is 0 Å². The summed E-state index contributed by atoms with van der Waals surface area (Å²) in [5.41, 5.74) is 1.06. The zero-order valence-electron chi connectivity index (χ0n) is 7.77. The van der Waals surface area contributed by atoms with Gasteiger partial charge < -0.3 is 4.74 Å². The molecule has 2 rings (SSSR count). The minimum Gasteiger partial charge on any atom is -0.465 e. The molecule has 0 fully saturated rings. The Hall–Kier alpha value is -1.76. The van der Waals surface area contributed by atoms with Crippen molar-refractivity contribution in [3.05, 3.63) is 23.8 Å². The van der Waals surface area contributed by atoms with Gasteiger partial charge in [0.15, 0.2) is 0 Å². The Labute approximate surface area is 86.4 Å². The first-order valence-corrected chi connectivity index (χ1v) is 5.53. The number of hydrogen-bond acceptors (Lipinski definition) is 4. The van der Waals surface area contributed by atoms with Crippen LogP contribution >= 0.6 is 0 Å². The molecule has 1 heterocycles. The van der Waals surface area contributed by atoms with E-state index in [0.717, 1.165) is 0 Å². The van der Waals surface area contributed by atoms with Crippen LogP contribution < -0.4 is 9.44 Å². The number of anilines is 2. The van der Waals surface area contributed by atoms with Gasteiger partial charge in [0, 0.05) is 0 Å². The molecule has 1 aliphatic rings. The second-order valence-corrected chi connectivity index (χ2v) is 4.37. The molecule has 1 aliphatic heterocycles. The number of ether oxygens (including phenoxy) is 1. The van der Waals surface area contributed by atoms with Gasteiger partial charge in [-0.05, 0) is 18.2 Å². The maximum absolute atomic E-state index is 11.2. The van der Waals surface area contributed by atoms with Crippen LogP contribution in [0, 0.1) is 0 Å². The van der Waals surface area contributed by atoms with Gasteiger partial charge in [-0.2, -0.15) is 8.42 Å². The first-order chi connectivity index (χ1) is 7.02. The maximum Gasteiger partial charge on any atom is 0.337 e. The molecule has 0 bridgehead atoms. The molecule has 0 aromatic heterocycles. The van der Waals surface area contributed by atoms with Crippen molar-refractivity contribution >= 4 is 27.6 Å². The summed E-state index contributed by atoms with van der Waals surface area (Å²) in [5.74, 6) is -0.510. The predicted molar refractivity (Wildman–Crippen MR) is 53.9 cm³/mol. The van der Waals surface area contributed by atoms with Gasteiger partial charge in [0.1, 0.15) is 0 Å². The van der Waals surface area contributed by atoms with E-state index in [-0.39, 0.29) is 0 Å². The largest absolute Gasteiger partial charge is 0.465 e. The number of fused-ring (bicyclic) bond motifs is 1. The third-order valence-electron chi connectivity index (χ3n) is 1.93. The molecule has 0 saturated heterocycles. The summed E-state index contributed by atoms with van der Waals surface area (Å²) in [5, 5.41) is 0. The molecule has 0 amide bonds. The van der Waals surface area contributed by atoms with Crippen LogP contribution in [0.4, 0.5) is 11.4 Å². The summed E-state index contributed by atoms with van der Waals surface area (Å²) in [6, 6.07) is 4.40. The van der Waals surface area contributed by atoms with Crippen LogP contribution in [0.15, 0.2) is 18.2 Å². The van der Waals surface area contributed by atoms with Gasteiger partial charge >= 0.3 is 16.2 Å². The second kappa shape index (κ2) is 3.13. The molecule has 0 radical (unpaired) electrons. The van der Waals surface area contributed by atoms with Gasteiger partial charge in [-0.15, -0.1) is 0 Å². The molecule has 6 nitrogen and oxygen atoms in total. The molecule has 0 aliphatic carbocycles. The van der Waals surface area contributed by atoms with Crippen molar-refractivity contribution in [2.75, 3.05) is 16.6 Å². The lowest BCUT2D eigenvalue weighted by molar-refractivity contribution is 0.0601. The minimum atomic E-state index is -3.51. The monoisotopic (exact) mass is 228 g/mol. The average Bonchev–Trinajstić information content (AvgIpc) is 2.49. The SMILES string of the molecule is COC(=O)c1ccc2c(c1)NS(=O)(=O)N2. The molecule has 1 aromatic carbocycles. The van der Waals surface area contributed by atoms with Crippen LogP contribution in [0.1, 0.15) is 10.4 Å². The van der Waals surface area contributed by atoms with E-state index in [0.29, 0.717) is 16.9 Å². The summed E-state index contributed by atoms with van der Waals surface area (Å²) < 4.78 is 31.2. The first-order valence-electron chi connectivity index (χ1n) is 4.05. The van der Waals surface area contributed by atoms with Crippen molar-refractivity contribution < 1.29 is 17.9 Å². The predicted octanol–water partition coefficient (Wildman–Crippen LogP) is 0.555. The first kappa shape index (κ1) is 9.78. The van der Waals surface area contributed by atoms with Crippen LogP contribution in [0.3, 0.4) is 0 Å². The molecule has 2 N–H and O–H groups in total. The fourth-order valence-electron chi connectivity index (χ4n) is 1.28. The Bertz CT molecular complexity index is 523. The van der Waals surface area contributed by atoms with E-state index in [1.807, 2.05) is 0 Å². The highest BCUT2D eigenvalue weighted by molar-refractivity contribution is 7.94. The number of benzene rings is 1. The number of esters is 1. The molecular formula is C8H8N2O4S. The number of nitrogens with one attached hydrogen (secondary N) is 2. The van der Waals surface area contributed by atoms with Crippen molar-refractivity contribution in [1.82, 2.24) is 0 Å². The second-order valence-electron chi connectivity index (χ2n) is 2.96. The highest BCUT2D eigenvalue weighted by atomic mass is 32.2. The number of methoxy groups -OCH3 is 1. The fourth-order valence-corrected chi connectivity index (χ4v) is 2.25. The third kappa shape index (κ3) is 1.73. The van der Waals surface area contributed by atoms with Crippen molar-refractivity contribution in [1.29, 1.82) is 0 Å². The van der Waals surface area contributed by atoms with Crippen LogP contribution in [0.5, 0.6) is 0 Å². The van der Waals surface area contributed by atoms with Gasteiger partial charge in [-0.3, -0.25) is 9.44 Å². The molecule has 80 valence electrons. The molecular weight excluding hydrogens is 220 g/mol. The van der Waals surface area contributed by atoms with Gasteiger partial charge in [0.25, 0.3) is 0 Å². The van der Waals surface area contributed by atoms with E-state index in [2.05, 4.69) is 14.2 Å². The number of hydrogen-bond donors (Lipinski definition) is 2. The Morgan fingerprint density at radius 1 is 1.27 bits per heavy atom. The van der Waals surface area contributed by atoms with Crippen LogP contribution in [-0.4, -0.2) is 21.5 Å². The fraction of sp³-hybridized carbons (Fsp3) is 0.125. The van der Waals surface area contributed by atoms with E-state index >= 15 is 0 Å².